The van der Waals surface area contributed by atoms with Crippen molar-refractivity contribution in [3.05, 3.63) is 32.1 Å². The highest BCUT2D eigenvalue weighted by molar-refractivity contribution is 14.1. The average Bonchev–Trinajstić information content (AvgIpc) is 1.93. The van der Waals surface area contributed by atoms with Crippen molar-refractivity contribution in [3.63, 3.8) is 0 Å². The topological polar surface area (TPSA) is 0 Å². The van der Waals surface area contributed by atoms with E-state index in [1.54, 1.807) is 13.0 Å². The van der Waals surface area contributed by atoms with Crippen molar-refractivity contribution in [1.29, 1.82) is 0 Å². The number of hydrogen-bond donors (Lipinski definition) is 0. The molecule has 3 heteroatoms. The van der Waals surface area contributed by atoms with Gasteiger partial charge in [0.2, 0.25) is 0 Å². The second kappa shape index (κ2) is 3.05. The Morgan fingerprint density at radius 1 is 1.50 bits per heavy atom. The van der Waals surface area contributed by atoms with Crippen LogP contribution in [0.2, 0.25) is 5.02 Å². The molecule has 0 bridgehead atoms. The van der Waals surface area contributed by atoms with E-state index in [1.807, 2.05) is 0 Å². The van der Waals surface area contributed by atoms with E-state index in [4.69, 9.17) is 11.6 Å². The molecule has 0 spiro atoms. The minimum absolute atomic E-state index is 0.245. The molecule has 0 amide bonds. The average molecular weight is 270 g/mol. The maximum absolute atomic E-state index is 12.7. The summed E-state index contributed by atoms with van der Waals surface area (Å²) in [5.41, 5.74) is 0.522. The normalized spacial score (nSPS) is 10.0. The lowest BCUT2D eigenvalue weighted by molar-refractivity contribution is 0.618. The van der Waals surface area contributed by atoms with Gasteiger partial charge in [-0.3, -0.25) is 0 Å². The predicted octanol–water partition coefficient (Wildman–Crippen LogP) is 3.39. The van der Waals surface area contributed by atoms with Crippen LogP contribution in [0.5, 0.6) is 0 Å². The highest BCUT2D eigenvalue weighted by Crippen LogP contribution is 2.23. The monoisotopic (exact) mass is 270 g/mol. The maximum Gasteiger partial charge on any atom is 0.127 e. The molecule has 0 saturated carbocycles. The molecular formula is C7H5ClFI. The Labute approximate surface area is 77.5 Å². The lowest BCUT2D eigenvalue weighted by Crippen LogP contribution is -1.85. The van der Waals surface area contributed by atoms with Crippen molar-refractivity contribution in [3.8, 4) is 0 Å². The molecule has 0 unspecified atom stereocenters. The van der Waals surface area contributed by atoms with E-state index in [9.17, 15) is 4.39 Å². The van der Waals surface area contributed by atoms with Crippen molar-refractivity contribution in [2.45, 2.75) is 6.92 Å². The van der Waals surface area contributed by atoms with Gasteiger partial charge in [0.05, 0.1) is 5.02 Å². The van der Waals surface area contributed by atoms with Gasteiger partial charge in [-0.05, 0) is 41.6 Å². The van der Waals surface area contributed by atoms with Crippen LogP contribution in [-0.2, 0) is 0 Å². The Hall–Kier alpha value is 0.170. The summed E-state index contributed by atoms with van der Waals surface area (Å²) in [5.74, 6) is -0.245. The highest BCUT2D eigenvalue weighted by atomic mass is 127. The van der Waals surface area contributed by atoms with Crippen LogP contribution < -0.4 is 0 Å². The first-order chi connectivity index (χ1) is 4.63. The largest absolute Gasteiger partial charge is 0.207 e. The van der Waals surface area contributed by atoms with Crippen molar-refractivity contribution in [1.82, 2.24) is 0 Å². The Kier molecular flexibility index (Phi) is 2.52. The van der Waals surface area contributed by atoms with Crippen LogP contribution in [0.3, 0.4) is 0 Å². The lowest BCUT2D eigenvalue weighted by Gasteiger charge is -2.00. The van der Waals surface area contributed by atoms with Crippen LogP contribution in [-0.4, -0.2) is 0 Å². The third kappa shape index (κ3) is 1.42. The van der Waals surface area contributed by atoms with Crippen LogP contribution in [0.15, 0.2) is 12.1 Å². The summed E-state index contributed by atoms with van der Waals surface area (Å²) in [6.07, 6.45) is 0. The molecule has 0 atom stereocenters. The molecule has 0 radical (unpaired) electrons. The van der Waals surface area contributed by atoms with Gasteiger partial charge in [-0.15, -0.1) is 0 Å². The first kappa shape index (κ1) is 8.27. The van der Waals surface area contributed by atoms with Crippen LogP contribution in [0, 0.1) is 16.3 Å². The Morgan fingerprint density at radius 2 is 2.10 bits per heavy atom. The summed E-state index contributed by atoms with van der Waals surface area (Å²) in [5, 5.41) is 0.514. The smallest absolute Gasteiger partial charge is 0.127 e. The Bertz CT molecular complexity index is 233. The summed E-state index contributed by atoms with van der Waals surface area (Å²) in [4.78, 5) is 0. The van der Waals surface area contributed by atoms with Crippen LogP contribution in [0.4, 0.5) is 4.39 Å². The fourth-order valence-corrected chi connectivity index (χ4v) is 1.37. The van der Waals surface area contributed by atoms with Gasteiger partial charge >= 0.3 is 0 Å². The Morgan fingerprint density at radius 3 is 2.60 bits per heavy atom. The minimum atomic E-state index is -0.245. The number of benzene rings is 1. The van der Waals surface area contributed by atoms with Crippen LogP contribution in [0.1, 0.15) is 5.56 Å². The van der Waals surface area contributed by atoms with Crippen molar-refractivity contribution in [2.24, 2.45) is 0 Å². The van der Waals surface area contributed by atoms with Crippen molar-refractivity contribution >= 4 is 34.2 Å². The van der Waals surface area contributed by atoms with E-state index in [-0.39, 0.29) is 5.82 Å². The fourth-order valence-electron chi connectivity index (χ4n) is 0.628. The predicted molar refractivity (Wildman–Crippen MR) is 48.9 cm³/mol. The van der Waals surface area contributed by atoms with Gasteiger partial charge in [-0.2, -0.15) is 0 Å². The van der Waals surface area contributed by atoms with E-state index >= 15 is 0 Å². The van der Waals surface area contributed by atoms with Gasteiger partial charge in [-0.25, -0.2) is 4.39 Å². The SMILES string of the molecule is Cc1c(F)ccc(I)c1Cl. The molecule has 0 aromatic heterocycles. The molecule has 54 valence electrons. The standard InChI is InChI=1S/C7H5ClFI/c1-4-5(9)2-3-6(10)7(4)8/h2-3H,1H3. The van der Waals surface area contributed by atoms with Gasteiger partial charge in [0.15, 0.2) is 0 Å². The Balaban J connectivity index is 3.34. The van der Waals surface area contributed by atoms with E-state index in [1.165, 1.54) is 6.07 Å². The van der Waals surface area contributed by atoms with Gasteiger partial charge in [0.25, 0.3) is 0 Å². The second-order valence-corrected chi connectivity index (χ2v) is 3.51. The molecule has 0 nitrogen and oxygen atoms in total. The summed E-state index contributed by atoms with van der Waals surface area (Å²) >= 11 is 7.80. The van der Waals surface area contributed by atoms with Crippen LogP contribution >= 0.6 is 34.2 Å². The second-order valence-electron chi connectivity index (χ2n) is 1.97. The molecule has 0 aliphatic carbocycles. The summed E-state index contributed by atoms with van der Waals surface area (Å²) in [6.45, 7) is 1.67. The van der Waals surface area contributed by atoms with Gasteiger partial charge in [-0.1, -0.05) is 11.6 Å². The third-order valence-electron chi connectivity index (χ3n) is 1.27. The molecular weight excluding hydrogens is 265 g/mol. The van der Waals surface area contributed by atoms with E-state index in [0.717, 1.165) is 3.57 Å². The zero-order chi connectivity index (χ0) is 7.72. The molecule has 0 saturated heterocycles. The van der Waals surface area contributed by atoms with Gasteiger partial charge in [0, 0.05) is 9.13 Å². The van der Waals surface area contributed by atoms with Crippen molar-refractivity contribution < 1.29 is 4.39 Å². The summed E-state index contributed by atoms with van der Waals surface area (Å²) in [6, 6.07) is 3.08. The maximum atomic E-state index is 12.7. The van der Waals surface area contributed by atoms with E-state index < -0.39 is 0 Å². The molecule has 0 heterocycles. The molecule has 1 aromatic carbocycles. The summed E-state index contributed by atoms with van der Waals surface area (Å²) in [7, 11) is 0. The molecule has 0 fully saturated rings. The lowest BCUT2D eigenvalue weighted by atomic mass is 10.2. The molecule has 1 rings (SSSR count). The molecule has 10 heavy (non-hydrogen) atoms. The van der Waals surface area contributed by atoms with E-state index in [0.29, 0.717) is 10.6 Å². The molecule has 0 aliphatic rings. The van der Waals surface area contributed by atoms with E-state index in [2.05, 4.69) is 22.6 Å². The zero-order valence-electron chi connectivity index (χ0n) is 5.29. The number of rotatable bonds is 0. The van der Waals surface area contributed by atoms with Crippen LogP contribution in [0.25, 0.3) is 0 Å². The highest BCUT2D eigenvalue weighted by Gasteiger charge is 2.04. The first-order valence-electron chi connectivity index (χ1n) is 2.73. The number of halogens is 3. The third-order valence-corrected chi connectivity index (χ3v) is 2.98. The number of hydrogen-bond acceptors (Lipinski definition) is 0. The van der Waals surface area contributed by atoms with Gasteiger partial charge < -0.3 is 0 Å². The summed E-state index contributed by atoms with van der Waals surface area (Å²) < 4.78 is 13.6. The minimum Gasteiger partial charge on any atom is -0.207 e. The molecule has 0 aliphatic heterocycles. The zero-order valence-corrected chi connectivity index (χ0v) is 8.20. The molecule has 0 N–H and O–H groups in total. The first-order valence-corrected chi connectivity index (χ1v) is 4.18. The van der Waals surface area contributed by atoms with Crippen molar-refractivity contribution in [2.75, 3.05) is 0 Å². The van der Waals surface area contributed by atoms with Gasteiger partial charge in [0.1, 0.15) is 5.82 Å². The molecule has 1 aromatic rings. The quantitative estimate of drug-likeness (QED) is 0.501. The fraction of sp³-hybridized carbons (Fsp3) is 0.143.